The fourth-order valence-electron chi connectivity index (χ4n) is 11.1. The average molecular weight is 891 g/mol. The Morgan fingerprint density at radius 1 is 0.862 bits per heavy atom. The summed E-state index contributed by atoms with van der Waals surface area (Å²) >= 11 is 0. The van der Waals surface area contributed by atoms with E-state index < -0.39 is 30.5 Å². The number of benzene rings is 3. The van der Waals surface area contributed by atoms with Gasteiger partial charge in [0, 0.05) is 36.4 Å². The topological polar surface area (TPSA) is 178 Å². The normalized spacial score (nSPS) is 23.6. The molecule has 0 radical (unpaired) electrons. The third-order valence-electron chi connectivity index (χ3n) is 14.8. The van der Waals surface area contributed by atoms with E-state index in [1.165, 1.54) is 20.3 Å². The van der Waals surface area contributed by atoms with E-state index >= 15 is 8.78 Å². The fraction of sp³-hybridized carbons (Fsp3) is 0.490. The van der Waals surface area contributed by atoms with E-state index in [4.69, 9.17) is 19.4 Å². The van der Waals surface area contributed by atoms with Crippen LogP contribution < -0.4 is 10.6 Å². The quantitative estimate of drug-likeness (QED) is 0.0784. The maximum atomic E-state index is 16.7. The summed E-state index contributed by atoms with van der Waals surface area (Å²) < 4.78 is 43.2. The number of nitrogens with zero attached hydrogens (tertiary/aromatic N) is 4. The second-order valence-electron chi connectivity index (χ2n) is 19.6. The SMILES string of the molecule is COC(=O)N[C@H](C(=O)N1[C@@H]2CC[C@@H](C2)[C@H]1c1nc2ccc(-c3ccc4c(c3)C(F)(F)c3cc(-c5cnc(C6CC7(CC7)CN6C(=O)[C@H](NC(O)OC)C(C)C)[nH]5)ccc3-4)cc2[nH]1)C(C)C. The van der Waals surface area contributed by atoms with Crippen molar-refractivity contribution in [2.75, 3.05) is 20.8 Å². The average Bonchev–Trinajstić information content (AvgIpc) is 3.95. The Morgan fingerprint density at radius 2 is 1.54 bits per heavy atom. The highest BCUT2D eigenvalue weighted by atomic mass is 19.3. The number of amides is 3. The van der Waals surface area contributed by atoms with Crippen LogP contribution in [0.25, 0.3) is 44.5 Å². The number of alkyl carbamates (subject to hydrolysis) is 1. The Balaban J connectivity index is 0.895. The summed E-state index contributed by atoms with van der Waals surface area (Å²) in [4.78, 5) is 60.6. The minimum Gasteiger partial charge on any atom is -0.453 e. The van der Waals surface area contributed by atoms with E-state index in [2.05, 4.69) is 20.6 Å². The molecule has 2 unspecified atom stereocenters. The van der Waals surface area contributed by atoms with Crippen LogP contribution in [-0.2, 0) is 25.0 Å². The van der Waals surface area contributed by atoms with Crippen LogP contribution in [0.15, 0.2) is 60.8 Å². The van der Waals surface area contributed by atoms with Crippen LogP contribution in [0.3, 0.4) is 0 Å². The number of alkyl halides is 2. The maximum absolute atomic E-state index is 16.7. The number of imidazole rings is 2. The van der Waals surface area contributed by atoms with Crippen molar-refractivity contribution in [2.45, 2.75) is 109 Å². The Labute approximate surface area is 375 Å². The van der Waals surface area contributed by atoms with Gasteiger partial charge < -0.3 is 39.7 Å². The highest BCUT2D eigenvalue weighted by Gasteiger charge is 2.56. The Bertz CT molecular complexity index is 2690. The van der Waals surface area contributed by atoms with E-state index in [-0.39, 0.29) is 64.2 Å². The number of methoxy groups -OCH3 is 2. The second kappa shape index (κ2) is 16.0. The number of aliphatic hydroxyl groups is 1. The number of carbonyl (C=O) groups is 3. The molecule has 2 bridgehead atoms. The number of ether oxygens (including phenoxy) is 2. The number of likely N-dealkylation sites (tertiary alicyclic amines) is 2. The highest BCUT2D eigenvalue weighted by Crippen LogP contribution is 2.59. The van der Waals surface area contributed by atoms with Gasteiger partial charge in [-0.25, -0.2) is 14.8 Å². The molecule has 2 aromatic heterocycles. The molecule has 14 nitrogen and oxygen atoms in total. The van der Waals surface area contributed by atoms with E-state index in [9.17, 15) is 19.5 Å². The number of hydrogen-bond donors (Lipinski definition) is 5. The largest absolute Gasteiger partial charge is 0.453 e. The smallest absolute Gasteiger partial charge is 0.407 e. The summed E-state index contributed by atoms with van der Waals surface area (Å²) in [7, 11) is 2.64. The number of nitrogens with one attached hydrogen (secondary N) is 4. The molecule has 2 saturated heterocycles. The van der Waals surface area contributed by atoms with Crippen molar-refractivity contribution < 1.29 is 37.7 Å². The van der Waals surface area contributed by atoms with Crippen LogP contribution in [0.5, 0.6) is 0 Å². The van der Waals surface area contributed by atoms with Gasteiger partial charge >= 0.3 is 6.09 Å². The van der Waals surface area contributed by atoms with Gasteiger partial charge in [-0.15, -0.1) is 0 Å². The van der Waals surface area contributed by atoms with Crippen molar-refractivity contribution >= 4 is 28.9 Å². The Kier molecular flexibility index (Phi) is 10.6. The molecule has 5 aromatic rings. The van der Waals surface area contributed by atoms with E-state index in [0.29, 0.717) is 51.7 Å². The number of piperidine rings is 1. The van der Waals surface area contributed by atoms with Gasteiger partial charge in [0.2, 0.25) is 18.2 Å². The monoisotopic (exact) mass is 890 g/mol. The van der Waals surface area contributed by atoms with Crippen molar-refractivity contribution in [3.8, 4) is 33.5 Å². The number of aromatic amines is 2. The summed E-state index contributed by atoms with van der Waals surface area (Å²) in [5.41, 5.74) is 4.77. The first-order valence-electron chi connectivity index (χ1n) is 22.8. The molecular weight excluding hydrogens is 835 g/mol. The van der Waals surface area contributed by atoms with Crippen molar-refractivity contribution in [3.05, 3.63) is 83.6 Å². The van der Waals surface area contributed by atoms with Crippen molar-refractivity contribution in [1.82, 2.24) is 40.4 Å². The number of hydrogen-bond acceptors (Lipinski definition) is 9. The zero-order valence-corrected chi connectivity index (χ0v) is 37.5. The zero-order chi connectivity index (χ0) is 45.7. The Morgan fingerprint density at radius 3 is 2.22 bits per heavy atom. The minimum absolute atomic E-state index is 0.0326. The number of fused-ring (bicyclic) bond motifs is 6. The number of rotatable bonds is 12. The third-order valence-corrected chi connectivity index (χ3v) is 14.8. The molecule has 4 heterocycles. The molecule has 65 heavy (non-hydrogen) atoms. The van der Waals surface area contributed by atoms with Crippen LogP contribution >= 0.6 is 0 Å². The zero-order valence-electron chi connectivity index (χ0n) is 37.5. The number of H-pyrrole nitrogens is 2. The molecule has 5 aliphatic rings. The molecule has 10 rings (SSSR count). The maximum Gasteiger partial charge on any atom is 0.407 e. The molecule has 2 aliphatic heterocycles. The lowest BCUT2D eigenvalue weighted by atomic mass is 9.95. The highest BCUT2D eigenvalue weighted by molar-refractivity contribution is 5.89. The molecule has 342 valence electrons. The lowest BCUT2D eigenvalue weighted by Crippen LogP contribution is -2.54. The summed E-state index contributed by atoms with van der Waals surface area (Å²) in [6, 6.07) is 14.0. The predicted molar refractivity (Wildman–Crippen MR) is 238 cm³/mol. The number of aliphatic hydroxyl groups excluding tert-OH is 1. The fourth-order valence-corrected chi connectivity index (χ4v) is 11.1. The van der Waals surface area contributed by atoms with Crippen molar-refractivity contribution in [2.24, 2.45) is 23.2 Å². The van der Waals surface area contributed by atoms with Gasteiger partial charge in [-0.2, -0.15) is 8.78 Å². The van der Waals surface area contributed by atoms with E-state index in [0.717, 1.165) is 49.6 Å². The molecule has 1 spiro atoms. The first-order valence-corrected chi connectivity index (χ1v) is 22.8. The lowest BCUT2D eigenvalue weighted by Gasteiger charge is -2.37. The van der Waals surface area contributed by atoms with Gasteiger partial charge in [0.1, 0.15) is 17.7 Å². The molecule has 16 heteroatoms. The van der Waals surface area contributed by atoms with E-state index in [1.807, 2.05) is 67.8 Å². The van der Waals surface area contributed by atoms with Crippen LogP contribution in [0.2, 0.25) is 0 Å². The number of halogens is 2. The van der Waals surface area contributed by atoms with Gasteiger partial charge in [0.15, 0.2) is 0 Å². The van der Waals surface area contributed by atoms with Crippen molar-refractivity contribution in [1.29, 1.82) is 0 Å². The Hall–Kier alpha value is -5.71. The second-order valence-corrected chi connectivity index (χ2v) is 19.6. The lowest BCUT2D eigenvalue weighted by molar-refractivity contribution is -0.145. The molecule has 3 aromatic carbocycles. The van der Waals surface area contributed by atoms with Crippen LogP contribution in [-0.4, -0.2) is 98.1 Å². The summed E-state index contributed by atoms with van der Waals surface area (Å²) in [6.07, 6.45) is 5.21. The number of carbonyl (C=O) groups excluding carboxylic acids is 3. The molecule has 7 atom stereocenters. The standard InChI is InChI=1S/C49H56F2N8O6/c1-24(2)39(56-46(62)64-5)44(60)58-23-48(15-16-48)21-38(58)42-52-22-37(55-42)28-9-13-32-31-12-8-26(18-33(31)49(50,51)34(32)19-28)27-10-14-35-36(20-27)54-43(53-35)41-29-7-11-30(17-29)59(41)45(61)40(25(3)4)57-47(63)65-6/h8-10,12-14,18-20,22,24-25,29-30,38-41,46,56,62H,7,11,15-17,21,23H2,1-6H3,(H,52,55)(H,53,54)(H,57,63)/t29-,30+,38?,39+,40-,41-,46?/m0/s1. The van der Waals surface area contributed by atoms with Gasteiger partial charge in [-0.1, -0.05) is 58.0 Å². The molecule has 3 aliphatic carbocycles. The van der Waals surface area contributed by atoms with Crippen LogP contribution in [0.4, 0.5) is 13.6 Å². The molecular formula is C49H56F2N8O6. The van der Waals surface area contributed by atoms with Crippen LogP contribution in [0, 0.1) is 23.2 Å². The summed E-state index contributed by atoms with van der Waals surface area (Å²) in [6.45, 7) is 8.20. The van der Waals surface area contributed by atoms with Gasteiger partial charge in [0.25, 0.3) is 5.92 Å². The van der Waals surface area contributed by atoms with Crippen LogP contribution in [0.1, 0.15) is 101 Å². The summed E-state index contributed by atoms with van der Waals surface area (Å²) in [5, 5.41) is 15.8. The third kappa shape index (κ3) is 7.37. The number of aromatic nitrogens is 4. The molecule has 3 amide bonds. The van der Waals surface area contributed by atoms with Crippen molar-refractivity contribution in [3.63, 3.8) is 0 Å². The first-order chi connectivity index (χ1) is 31.1. The first kappa shape index (κ1) is 43.2. The van der Waals surface area contributed by atoms with Gasteiger partial charge in [-0.3, -0.25) is 14.9 Å². The van der Waals surface area contributed by atoms with Gasteiger partial charge in [0.05, 0.1) is 48.2 Å². The molecule has 5 N–H and O–H groups in total. The predicted octanol–water partition coefficient (Wildman–Crippen LogP) is 7.76. The van der Waals surface area contributed by atoms with Gasteiger partial charge in [-0.05, 0) is 108 Å². The minimum atomic E-state index is -3.28. The molecule has 4 fully saturated rings. The summed E-state index contributed by atoms with van der Waals surface area (Å²) in [5.74, 6) is -2.37. The molecule has 2 saturated carbocycles. The van der Waals surface area contributed by atoms with E-state index in [1.54, 1.807) is 24.4 Å².